The van der Waals surface area contributed by atoms with E-state index in [2.05, 4.69) is 6.08 Å². The molecule has 4 heteroatoms. The molecule has 0 unspecified atom stereocenters. The molecular weight excluding hydrogens is 326 g/mol. The van der Waals surface area contributed by atoms with Gasteiger partial charge in [0.25, 0.3) is 0 Å². The van der Waals surface area contributed by atoms with Gasteiger partial charge in [0.1, 0.15) is 11.5 Å². The fourth-order valence-corrected chi connectivity index (χ4v) is 3.13. The SMILES string of the molecule is COc1cc(C/C=C/c2ccc(N)cc2C(=O)C2CCC2)cc(OC)c1. The average molecular weight is 351 g/mol. The number of allylic oxidation sites excluding steroid dienone is 1. The third-order valence-corrected chi connectivity index (χ3v) is 4.88. The number of benzene rings is 2. The lowest BCUT2D eigenvalue weighted by atomic mass is 9.79. The number of rotatable bonds is 7. The maximum Gasteiger partial charge on any atom is 0.166 e. The molecule has 1 fully saturated rings. The molecule has 2 aromatic carbocycles. The van der Waals surface area contributed by atoms with Gasteiger partial charge in [-0.15, -0.1) is 0 Å². The highest BCUT2D eigenvalue weighted by Crippen LogP contribution is 2.32. The minimum atomic E-state index is 0.159. The van der Waals surface area contributed by atoms with Crippen molar-refractivity contribution in [1.29, 1.82) is 0 Å². The summed E-state index contributed by atoms with van der Waals surface area (Å²) in [5, 5.41) is 0. The minimum Gasteiger partial charge on any atom is -0.497 e. The Balaban J connectivity index is 1.79. The zero-order valence-electron chi connectivity index (χ0n) is 15.3. The quantitative estimate of drug-likeness (QED) is 0.588. The zero-order chi connectivity index (χ0) is 18.5. The minimum absolute atomic E-state index is 0.159. The van der Waals surface area contributed by atoms with Crippen LogP contribution in [0.15, 0.2) is 42.5 Å². The van der Waals surface area contributed by atoms with Gasteiger partial charge in [-0.2, -0.15) is 0 Å². The number of anilines is 1. The number of hydrogen-bond donors (Lipinski definition) is 1. The normalized spacial score (nSPS) is 14.2. The molecule has 136 valence electrons. The molecule has 1 saturated carbocycles. The van der Waals surface area contributed by atoms with Crippen molar-refractivity contribution in [2.24, 2.45) is 5.92 Å². The molecule has 1 aliphatic rings. The number of Topliss-reactive ketones (excluding diaryl/α,β-unsaturated/α-hetero) is 1. The number of hydrogen-bond acceptors (Lipinski definition) is 4. The molecule has 2 N–H and O–H groups in total. The summed E-state index contributed by atoms with van der Waals surface area (Å²) >= 11 is 0. The number of carbonyl (C=O) groups excluding carboxylic acids is 1. The van der Waals surface area contributed by atoms with Crippen LogP contribution in [0.2, 0.25) is 0 Å². The Kier molecular flexibility index (Phi) is 5.61. The molecule has 0 radical (unpaired) electrons. The molecule has 26 heavy (non-hydrogen) atoms. The van der Waals surface area contributed by atoms with Crippen LogP contribution in [0.5, 0.6) is 11.5 Å². The summed E-state index contributed by atoms with van der Waals surface area (Å²) in [5.74, 6) is 1.90. The molecule has 0 atom stereocenters. The van der Waals surface area contributed by atoms with E-state index in [0.29, 0.717) is 5.69 Å². The number of ketones is 1. The van der Waals surface area contributed by atoms with Gasteiger partial charge in [-0.25, -0.2) is 0 Å². The van der Waals surface area contributed by atoms with Crippen molar-refractivity contribution in [3.05, 3.63) is 59.2 Å². The van der Waals surface area contributed by atoms with Gasteiger partial charge in [0, 0.05) is 23.2 Å². The molecule has 0 saturated heterocycles. The first-order valence-corrected chi connectivity index (χ1v) is 8.93. The van der Waals surface area contributed by atoms with Crippen molar-refractivity contribution in [2.75, 3.05) is 20.0 Å². The Morgan fingerprint density at radius 1 is 1.12 bits per heavy atom. The van der Waals surface area contributed by atoms with Gasteiger partial charge in [-0.1, -0.05) is 24.6 Å². The maximum atomic E-state index is 12.7. The molecule has 0 heterocycles. The number of nitrogens with two attached hydrogens (primary N) is 1. The predicted octanol–water partition coefficient (Wildman–Crippen LogP) is 4.52. The third-order valence-electron chi connectivity index (χ3n) is 4.88. The van der Waals surface area contributed by atoms with Crippen molar-refractivity contribution in [3.8, 4) is 11.5 Å². The van der Waals surface area contributed by atoms with Gasteiger partial charge in [0.2, 0.25) is 0 Å². The summed E-state index contributed by atoms with van der Waals surface area (Å²) in [6, 6.07) is 11.4. The van der Waals surface area contributed by atoms with E-state index in [4.69, 9.17) is 15.2 Å². The average Bonchev–Trinajstić information content (AvgIpc) is 2.61. The molecule has 0 aromatic heterocycles. The molecule has 0 spiro atoms. The van der Waals surface area contributed by atoms with Crippen LogP contribution in [-0.4, -0.2) is 20.0 Å². The van der Waals surface area contributed by atoms with Gasteiger partial charge < -0.3 is 15.2 Å². The highest BCUT2D eigenvalue weighted by atomic mass is 16.5. The summed E-state index contributed by atoms with van der Waals surface area (Å²) < 4.78 is 10.6. The van der Waals surface area contributed by atoms with Crippen LogP contribution in [0.25, 0.3) is 6.08 Å². The summed E-state index contributed by atoms with van der Waals surface area (Å²) in [6.07, 6.45) is 7.88. The summed E-state index contributed by atoms with van der Waals surface area (Å²) in [7, 11) is 3.28. The van der Waals surface area contributed by atoms with E-state index in [1.54, 1.807) is 20.3 Å². The third kappa shape index (κ3) is 4.07. The fourth-order valence-electron chi connectivity index (χ4n) is 3.13. The number of carbonyl (C=O) groups is 1. The summed E-state index contributed by atoms with van der Waals surface area (Å²) in [4.78, 5) is 12.7. The number of nitrogen functional groups attached to an aromatic ring is 1. The second-order valence-electron chi connectivity index (χ2n) is 6.67. The van der Waals surface area contributed by atoms with Crippen LogP contribution < -0.4 is 15.2 Å². The second kappa shape index (κ2) is 8.09. The lowest BCUT2D eigenvalue weighted by molar-refractivity contribution is 0.0855. The highest BCUT2D eigenvalue weighted by molar-refractivity contribution is 6.02. The van der Waals surface area contributed by atoms with Crippen LogP contribution in [0, 0.1) is 5.92 Å². The lowest BCUT2D eigenvalue weighted by Crippen LogP contribution is -2.22. The fraction of sp³-hybridized carbons (Fsp3) is 0.318. The Hall–Kier alpha value is -2.75. The monoisotopic (exact) mass is 351 g/mol. The van der Waals surface area contributed by atoms with Crippen molar-refractivity contribution in [3.63, 3.8) is 0 Å². The number of methoxy groups -OCH3 is 2. The van der Waals surface area contributed by atoms with Crippen LogP contribution in [0.1, 0.15) is 40.7 Å². The largest absolute Gasteiger partial charge is 0.497 e. The Morgan fingerprint density at radius 2 is 1.81 bits per heavy atom. The summed E-state index contributed by atoms with van der Waals surface area (Å²) in [5.41, 5.74) is 9.27. The standard InChI is InChI=1S/C22H25NO3/c1-25-19-11-15(12-20(14-19)26-2)5-3-6-16-9-10-18(23)13-21(16)22(24)17-7-4-8-17/h3,6,9-14,17H,4-5,7-8,23H2,1-2H3/b6-3+. The van der Waals surface area contributed by atoms with E-state index in [9.17, 15) is 4.79 Å². The van der Waals surface area contributed by atoms with E-state index in [1.165, 1.54) is 0 Å². The van der Waals surface area contributed by atoms with E-state index in [0.717, 1.165) is 53.9 Å². The predicted molar refractivity (Wildman–Crippen MR) is 105 cm³/mol. The highest BCUT2D eigenvalue weighted by Gasteiger charge is 2.27. The van der Waals surface area contributed by atoms with Crippen molar-refractivity contribution in [2.45, 2.75) is 25.7 Å². The molecule has 0 amide bonds. The van der Waals surface area contributed by atoms with E-state index in [-0.39, 0.29) is 11.7 Å². The summed E-state index contributed by atoms with van der Waals surface area (Å²) in [6.45, 7) is 0. The topological polar surface area (TPSA) is 61.5 Å². The van der Waals surface area contributed by atoms with Crippen LogP contribution in [-0.2, 0) is 6.42 Å². The molecule has 2 aromatic rings. The van der Waals surface area contributed by atoms with Gasteiger partial charge in [-0.3, -0.25) is 4.79 Å². The van der Waals surface area contributed by atoms with Crippen molar-refractivity contribution >= 4 is 17.5 Å². The van der Waals surface area contributed by atoms with Gasteiger partial charge in [0.15, 0.2) is 5.78 Å². The zero-order valence-corrected chi connectivity index (χ0v) is 15.3. The van der Waals surface area contributed by atoms with Crippen LogP contribution >= 0.6 is 0 Å². The molecular formula is C22H25NO3. The Morgan fingerprint density at radius 3 is 2.38 bits per heavy atom. The molecule has 0 aliphatic heterocycles. The first kappa shape index (κ1) is 18.1. The molecule has 3 rings (SSSR count). The van der Waals surface area contributed by atoms with E-state index in [1.807, 2.05) is 36.4 Å². The van der Waals surface area contributed by atoms with Crippen LogP contribution in [0.3, 0.4) is 0 Å². The Bertz CT molecular complexity index is 800. The lowest BCUT2D eigenvalue weighted by Gasteiger charge is -2.24. The maximum absolute atomic E-state index is 12.7. The van der Waals surface area contributed by atoms with Gasteiger partial charge in [-0.05, 0) is 54.7 Å². The van der Waals surface area contributed by atoms with Gasteiger partial charge >= 0.3 is 0 Å². The first-order valence-electron chi connectivity index (χ1n) is 8.93. The molecule has 1 aliphatic carbocycles. The number of ether oxygens (including phenoxy) is 2. The first-order chi connectivity index (χ1) is 12.6. The smallest absolute Gasteiger partial charge is 0.166 e. The van der Waals surface area contributed by atoms with Crippen molar-refractivity contribution in [1.82, 2.24) is 0 Å². The molecule has 4 nitrogen and oxygen atoms in total. The Labute approximate surface area is 154 Å². The van der Waals surface area contributed by atoms with E-state index < -0.39 is 0 Å². The van der Waals surface area contributed by atoms with Crippen LogP contribution in [0.4, 0.5) is 5.69 Å². The second-order valence-corrected chi connectivity index (χ2v) is 6.67. The molecule has 0 bridgehead atoms. The van der Waals surface area contributed by atoms with Crippen molar-refractivity contribution < 1.29 is 14.3 Å². The van der Waals surface area contributed by atoms with E-state index >= 15 is 0 Å². The van der Waals surface area contributed by atoms with Gasteiger partial charge in [0.05, 0.1) is 14.2 Å².